The number of aromatic nitrogens is 1. The van der Waals surface area contributed by atoms with Gasteiger partial charge in [0, 0.05) is 24.2 Å². The Kier molecular flexibility index (Phi) is 6.24. The second-order valence-corrected chi connectivity index (χ2v) is 11.3. The van der Waals surface area contributed by atoms with Gasteiger partial charge < -0.3 is 5.32 Å². The molecule has 12 heteroatoms. The maximum atomic E-state index is 12.2. The Morgan fingerprint density at radius 1 is 1.07 bits per heavy atom. The zero-order chi connectivity index (χ0) is 21.2. The number of sulfonamides is 1. The Labute approximate surface area is 176 Å². The summed E-state index contributed by atoms with van der Waals surface area (Å²) in [6.07, 6.45) is 1.01. The zero-order valence-corrected chi connectivity index (χ0v) is 18.3. The van der Waals surface area contributed by atoms with Crippen LogP contribution in [0, 0.1) is 0 Å². The molecule has 0 saturated carbocycles. The summed E-state index contributed by atoms with van der Waals surface area (Å²) in [7, 11) is -7.08. The van der Waals surface area contributed by atoms with Crippen LogP contribution in [0.5, 0.6) is 0 Å². The number of sulfone groups is 1. The maximum Gasteiger partial charge on any atom is 0.240 e. The molecule has 0 aliphatic rings. The molecule has 0 fully saturated rings. The summed E-state index contributed by atoms with van der Waals surface area (Å²) in [5.41, 5.74) is 0.557. The van der Waals surface area contributed by atoms with Crippen LogP contribution in [0.25, 0.3) is 10.2 Å². The summed E-state index contributed by atoms with van der Waals surface area (Å²) >= 11 is 6.88. The summed E-state index contributed by atoms with van der Waals surface area (Å²) in [6, 6.07) is 10.2. The molecule has 2 aromatic carbocycles. The van der Waals surface area contributed by atoms with Crippen molar-refractivity contribution in [1.82, 2.24) is 9.71 Å². The number of rotatable bonds is 7. The highest BCUT2D eigenvalue weighted by Gasteiger charge is 2.15. The minimum atomic E-state index is -3.74. The summed E-state index contributed by atoms with van der Waals surface area (Å²) in [5, 5.41) is 3.31. The first kappa shape index (κ1) is 21.7. The highest BCUT2D eigenvalue weighted by atomic mass is 35.5. The Hall–Kier alpha value is -2.05. The van der Waals surface area contributed by atoms with Gasteiger partial charge in [0.05, 0.1) is 20.0 Å². The summed E-state index contributed by atoms with van der Waals surface area (Å²) in [6.45, 7) is -0.0973. The molecule has 0 aliphatic carbocycles. The van der Waals surface area contributed by atoms with Gasteiger partial charge in [-0.2, -0.15) is 0 Å². The quantitative estimate of drug-likeness (QED) is 0.544. The van der Waals surface area contributed by atoms with Crippen molar-refractivity contribution in [2.24, 2.45) is 0 Å². The minimum Gasteiger partial charge on any atom is -0.302 e. The lowest BCUT2D eigenvalue weighted by Crippen LogP contribution is -2.27. The Morgan fingerprint density at radius 3 is 2.38 bits per heavy atom. The smallest absolute Gasteiger partial charge is 0.240 e. The third-order valence-electron chi connectivity index (χ3n) is 3.80. The Morgan fingerprint density at radius 2 is 1.72 bits per heavy atom. The highest BCUT2D eigenvalue weighted by Crippen LogP contribution is 2.28. The Bertz CT molecular complexity index is 1270. The van der Waals surface area contributed by atoms with E-state index in [-0.39, 0.29) is 22.8 Å². The molecule has 1 heterocycles. The largest absolute Gasteiger partial charge is 0.302 e. The standard InChI is InChI=1S/C17H16ClN3O5S3/c1-28(23,24)13-6-7-14-15(10-13)27-17(20-14)21-16(22)8-9-19-29(25,26)12-4-2-11(18)3-5-12/h2-7,10,19H,8-9H2,1H3,(H,20,21,22). The van der Waals surface area contributed by atoms with E-state index in [0.717, 1.165) is 17.6 Å². The number of nitrogens with zero attached hydrogens (tertiary/aromatic N) is 1. The number of hydrogen-bond acceptors (Lipinski definition) is 7. The van der Waals surface area contributed by atoms with Gasteiger partial charge in [0.25, 0.3) is 0 Å². The van der Waals surface area contributed by atoms with Crippen molar-refractivity contribution in [2.75, 3.05) is 18.1 Å². The third-order valence-corrected chi connectivity index (χ3v) is 7.58. The number of nitrogens with one attached hydrogen (secondary N) is 2. The van der Waals surface area contributed by atoms with E-state index in [4.69, 9.17) is 11.6 Å². The van der Waals surface area contributed by atoms with Crippen LogP contribution in [0.4, 0.5) is 5.13 Å². The van der Waals surface area contributed by atoms with Gasteiger partial charge in [0.15, 0.2) is 15.0 Å². The van der Waals surface area contributed by atoms with E-state index < -0.39 is 25.8 Å². The average molecular weight is 474 g/mol. The van der Waals surface area contributed by atoms with Gasteiger partial charge in [-0.3, -0.25) is 4.79 Å². The van der Waals surface area contributed by atoms with E-state index in [2.05, 4.69) is 15.0 Å². The van der Waals surface area contributed by atoms with Gasteiger partial charge in [0.2, 0.25) is 15.9 Å². The van der Waals surface area contributed by atoms with Crippen molar-refractivity contribution >= 4 is 64.1 Å². The van der Waals surface area contributed by atoms with Crippen LogP contribution in [0.1, 0.15) is 6.42 Å². The van der Waals surface area contributed by atoms with Gasteiger partial charge >= 0.3 is 0 Å². The van der Waals surface area contributed by atoms with Gasteiger partial charge in [0.1, 0.15) is 0 Å². The fourth-order valence-corrected chi connectivity index (χ4v) is 5.17. The van der Waals surface area contributed by atoms with E-state index in [0.29, 0.717) is 20.4 Å². The lowest BCUT2D eigenvalue weighted by molar-refractivity contribution is -0.116. The van der Waals surface area contributed by atoms with E-state index >= 15 is 0 Å². The molecule has 29 heavy (non-hydrogen) atoms. The van der Waals surface area contributed by atoms with Crippen molar-refractivity contribution in [3.05, 3.63) is 47.5 Å². The average Bonchev–Trinajstić information content (AvgIpc) is 3.02. The second-order valence-electron chi connectivity index (χ2n) is 6.07. The molecule has 0 spiro atoms. The van der Waals surface area contributed by atoms with Crippen LogP contribution in [0.3, 0.4) is 0 Å². The van der Waals surface area contributed by atoms with Gasteiger partial charge in [-0.15, -0.1) is 0 Å². The third kappa shape index (κ3) is 5.52. The number of carbonyl (C=O) groups excluding carboxylic acids is 1. The van der Waals surface area contributed by atoms with Gasteiger partial charge in [-0.05, 0) is 42.5 Å². The number of benzene rings is 2. The fourth-order valence-electron chi connectivity index (χ4n) is 2.37. The fraction of sp³-hybridized carbons (Fsp3) is 0.176. The molecule has 0 radical (unpaired) electrons. The van der Waals surface area contributed by atoms with Crippen LogP contribution < -0.4 is 10.0 Å². The van der Waals surface area contributed by atoms with Crippen molar-refractivity contribution in [3.63, 3.8) is 0 Å². The molecule has 0 unspecified atom stereocenters. The molecule has 1 aromatic heterocycles. The first-order valence-electron chi connectivity index (χ1n) is 8.20. The lowest BCUT2D eigenvalue weighted by atomic mass is 10.3. The van der Waals surface area contributed by atoms with Crippen molar-refractivity contribution in [3.8, 4) is 0 Å². The predicted octanol–water partition coefficient (Wildman–Crippen LogP) is 2.66. The number of thiazole rings is 1. The van der Waals surface area contributed by atoms with E-state index in [1.807, 2.05) is 0 Å². The van der Waals surface area contributed by atoms with E-state index in [1.165, 1.54) is 36.4 Å². The van der Waals surface area contributed by atoms with Crippen molar-refractivity contribution in [1.29, 1.82) is 0 Å². The monoisotopic (exact) mass is 473 g/mol. The molecule has 3 rings (SSSR count). The molecule has 2 N–H and O–H groups in total. The van der Waals surface area contributed by atoms with Crippen LogP contribution in [0.2, 0.25) is 5.02 Å². The first-order valence-corrected chi connectivity index (χ1v) is 12.8. The van der Waals surface area contributed by atoms with Crippen molar-refractivity contribution in [2.45, 2.75) is 16.2 Å². The molecule has 8 nitrogen and oxygen atoms in total. The number of hydrogen-bond donors (Lipinski definition) is 2. The van der Waals surface area contributed by atoms with Crippen LogP contribution in [-0.4, -0.2) is 40.5 Å². The summed E-state index contributed by atoms with van der Waals surface area (Å²) < 4.78 is 50.6. The molecule has 0 atom stereocenters. The highest BCUT2D eigenvalue weighted by molar-refractivity contribution is 7.90. The number of fused-ring (bicyclic) bond motifs is 1. The Balaban J connectivity index is 1.60. The number of carbonyl (C=O) groups is 1. The van der Waals surface area contributed by atoms with Gasteiger partial charge in [-0.1, -0.05) is 22.9 Å². The lowest BCUT2D eigenvalue weighted by Gasteiger charge is -2.06. The molecule has 3 aromatic rings. The summed E-state index contributed by atoms with van der Waals surface area (Å²) in [5.74, 6) is -0.425. The van der Waals surface area contributed by atoms with Crippen LogP contribution in [-0.2, 0) is 24.7 Å². The number of halogens is 1. The molecule has 0 aliphatic heterocycles. The maximum absolute atomic E-state index is 12.2. The van der Waals surface area contributed by atoms with E-state index in [1.54, 1.807) is 6.07 Å². The van der Waals surface area contributed by atoms with Gasteiger partial charge in [-0.25, -0.2) is 26.5 Å². The topological polar surface area (TPSA) is 122 Å². The molecular formula is C17H16ClN3O5S3. The molecular weight excluding hydrogens is 458 g/mol. The molecule has 0 saturated heterocycles. The first-order chi connectivity index (χ1) is 13.5. The van der Waals surface area contributed by atoms with Crippen LogP contribution >= 0.6 is 22.9 Å². The number of amides is 1. The zero-order valence-electron chi connectivity index (χ0n) is 15.0. The summed E-state index contributed by atoms with van der Waals surface area (Å²) in [4.78, 5) is 16.5. The molecule has 0 bridgehead atoms. The number of anilines is 1. The van der Waals surface area contributed by atoms with E-state index in [9.17, 15) is 21.6 Å². The normalized spacial score (nSPS) is 12.2. The SMILES string of the molecule is CS(=O)(=O)c1ccc2nc(NC(=O)CCNS(=O)(=O)c3ccc(Cl)cc3)sc2c1. The molecule has 1 amide bonds. The predicted molar refractivity (Wildman–Crippen MR) is 113 cm³/mol. The second kappa shape index (κ2) is 8.36. The van der Waals surface area contributed by atoms with Crippen LogP contribution in [0.15, 0.2) is 52.3 Å². The van der Waals surface area contributed by atoms with Crippen molar-refractivity contribution < 1.29 is 21.6 Å². The molecule has 154 valence electrons. The minimum absolute atomic E-state index is 0.0511.